The maximum Gasteiger partial charge on any atom is 0.139 e. The van der Waals surface area contributed by atoms with Crippen molar-refractivity contribution in [1.82, 2.24) is 9.97 Å². The van der Waals surface area contributed by atoms with Gasteiger partial charge in [-0.25, -0.2) is 23.1 Å². The largest absolute Gasteiger partial charge is 0.279 e. The molecular formula is C28H18F3N3. The second kappa shape index (κ2) is 9.19. The van der Waals surface area contributed by atoms with Gasteiger partial charge in [-0.15, -0.1) is 0 Å². The summed E-state index contributed by atoms with van der Waals surface area (Å²) >= 11 is 0. The molecule has 0 amide bonds. The summed E-state index contributed by atoms with van der Waals surface area (Å²) < 4.78 is 42.3. The Hall–Kier alpha value is -4.45. The first kappa shape index (κ1) is 21.4. The van der Waals surface area contributed by atoms with Gasteiger partial charge in [0.1, 0.15) is 29.1 Å². The summed E-state index contributed by atoms with van der Waals surface area (Å²) in [5.74, 6) is -0.736. The lowest BCUT2D eigenvalue weighted by atomic mass is 10.1. The third-order valence-corrected chi connectivity index (χ3v) is 5.30. The van der Waals surface area contributed by atoms with Crippen molar-refractivity contribution in [2.75, 3.05) is 4.90 Å². The van der Waals surface area contributed by atoms with E-state index in [4.69, 9.17) is 4.98 Å². The van der Waals surface area contributed by atoms with Crippen molar-refractivity contribution < 1.29 is 13.2 Å². The predicted octanol–water partition coefficient (Wildman–Crippen LogP) is 7.70. The molecule has 0 aliphatic heterocycles. The van der Waals surface area contributed by atoms with Crippen molar-refractivity contribution in [3.63, 3.8) is 0 Å². The lowest BCUT2D eigenvalue weighted by Gasteiger charge is -2.24. The van der Waals surface area contributed by atoms with Crippen LogP contribution in [-0.4, -0.2) is 9.97 Å². The highest BCUT2D eigenvalue weighted by atomic mass is 19.1. The molecule has 2 heterocycles. The van der Waals surface area contributed by atoms with Crippen molar-refractivity contribution >= 4 is 17.3 Å². The average Bonchev–Trinajstić information content (AvgIpc) is 2.86. The number of nitrogens with zero attached hydrogens (tertiary/aromatic N) is 3. The molecule has 0 saturated carbocycles. The van der Waals surface area contributed by atoms with E-state index in [2.05, 4.69) is 4.98 Å². The Bertz CT molecular complexity index is 1450. The maximum absolute atomic E-state index is 14.5. The van der Waals surface area contributed by atoms with Gasteiger partial charge >= 0.3 is 0 Å². The van der Waals surface area contributed by atoms with Crippen LogP contribution in [0.15, 0.2) is 109 Å². The number of aromatic nitrogens is 2. The van der Waals surface area contributed by atoms with Crippen LogP contribution in [0.2, 0.25) is 0 Å². The Labute approximate surface area is 194 Å². The minimum Gasteiger partial charge on any atom is -0.279 e. The molecule has 0 spiro atoms. The number of para-hydroxylation sites is 1. The average molecular weight is 453 g/mol. The highest BCUT2D eigenvalue weighted by Crippen LogP contribution is 2.35. The van der Waals surface area contributed by atoms with Crippen molar-refractivity contribution in [3.05, 3.63) is 127 Å². The summed E-state index contributed by atoms with van der Waals surface area (Å²) in [6, 6.07) is 29.8. The highest BCUT2D eigenvalue weighted by Gasteiger charge is 2.18. The molecule has 166 valence electrons. The summed E-state index contributed by atoms with van der Waals surface area (Å²) in [7, 11) is 0. The minimum absolute atomic E-state index is 0.185. The molecule has 0 fully saturated rings. The molecule has 5 rings (SSSR count). The van der Waals surface area contributed by atoms with Gasteiger partial charge in [0, 0.05) is 22.9 Å². The first-order valence-electron chi connectivity index (χ1n) is 10.6. The van der Waals surface area contributed by atoms with E-state index in [9.17, 15) is 13.2 Å². The number of rotatable bonds is 5. The van der Waals surface area contributed by atoms with Gasteiger partial charge in [0.05, 0.1) is 11.4 Å². The molecule has 3 nitrogen and oxygen atoms in total. The summed E-state index contributed by atoms with van der Waals surface area (Å²) in [6.45, 7) is 0. The maximum atomic E-state index is 14.5. The van der Waals surface area contributed by atoms with E-state index in [-0.39, 0.29) is 11.4 Å². The first-order chi connectivity index (χ1) is 16.6. The van der Waals surface area contributed by atoms with Crippen molar-refractivity contribution in [2.24, 2.45) is 0 Å². The smallest absolute Gasteiger partial charge is 0.139 e. The van der Waals surface area contributed by atoms with Crippen molar-refractivity contribution in [2.45, 2.75) is 0 Å². The van der Waals surface area contributed by atoms with Crippen LogP contribution in [0.3, 0.4) is 0 Å². The van der Waals surface area contributed by atoms with E-state index in [0.717, 1.165) is 11.8 Å². The van der Waals surface area contributed by atoms with E-state index >= 15 is 0 Å². The van der Waals surface area contributed by atoms with Crippen LogP contribution in [0.5, 0.6) is 0 Å². The molecule has 6 heteroatoms. The van der Waals surface area contributed by atoms with Crippen LogP contribution < -0.4 is 4.90 Å². The van der Waals surface area contributed by atoms with Gasteiger partial charge in [-0.1, -0.05) is 42.5 Å². The molecule has 0 bridgehead atoms. The molecule has 0 aliphatic carbocycles. The summed E-state index contributed by atoms with van der Waals surface area (Å²) in [5, 5.41) is 0. The second-order valence-electron chi connectivity index (χ2n) is 7.54. The zero-order chi connectivity index (χ0) is 23.5. The number of hydrogen-bond acceptors (Lipinski definition) is 3. The van der Waals surface area contributed by atoms with Crippen LogP contribution in [0.25, 0.3) is 22.5 Å². The zero-order valence-corrected chi connectivity index (χ0v) is 17.9. The van der Waals surface area contributed by atoms with Gasteiger partial charge in [0.15, 0.2) is 0 Å². The zero-order valence-electron chi connectivity index (χ0n) is 17.9. The Morgan fingerprint density at radius 3 is 1.71 bits per heavy atom. The Morgan fingerprint density at radius 1 is 0.500 bits per heavy atom. The minimum atomic E-state index is -0.699. The Balaban J connectivity index is 1.65. The number of pyridine rings is 2. The van der Waals surface area contributed by atoms with E-state index in [1.165, 1.54) is 18.2 Å². The third kappa shape index (κ3) is 4.26. The Morgan fingerprint density at radius 2 is 1.09 bits per heavy atom. The molecule has 0 aliphatic rings. The van der Waals surface area contributed by atoms with Crippen LogP contribution in [0, 0.1) is 17.5 Å². The number of halogens is 3. The topological polar surface area (TPSA) is 29.0 Å². The monoisotopic (exact) mass is 453 g/mol. The standard InChI is InChI=1S/C28H18F3N3/c29-19-16-17-22(24(31)18-19)26-13-7-15-28(33-26)34(20-8-2-1-3-9-20)27-14-6-12-25(32-27)21-10-4-5-11-23(21)30/h1-18H. The quantitative estimate of drug-likeness (QED) is 0.273. The molecule has 0 N–H and O–H groups in total. The molecule has 0 atom stereocenters. The lowest BCUT2D eigenvalue weighted by Crippen LogP contribution is -2.13. The van der Waals surface area contributed by atoms with Gasteiger partial charge < -0.3 is 0 Å². The van der Waals surface area contributed by atoms with Gasteiger partial charge in [0.25, 0.3) is 0 Å². The molecule has 2 aromatic heterocycles. The van der Waals surface area contributed by atoms with Crippen LogP contribution in [0.4, 0.5) is 30.5 Å². The number of hydrogen-bond donors (Lipinski definition) is 0. The van der Waals surface area contributed by atoms with Crippen LogP contribution >= 0.6 is 0 Å². The fraction of sp³-hybridized carbons (Fsp3) is 0. The summed E-state index contributed by atoms with van der Waals surface area (Å²) in [6.07, 6.45) is 0. The molecule has 5 aromatic rings. The normalized spacial score (nSPS) is 10.8. The molecule has 0 radical (unpaired) electrons. The van der Waals surface area contributed by atoms with Gasteiger partial charge in [0.2, 0.25) is 0 Å². The molecule has 0 saturated heterocycles. The number of anilines is 3. The van der Waals surface area contributed by atoms with E-state index < -0.39 is 11.6 Å². The van der Waals surface area contributed by atoms with E-state index in [1.54, 1.807) is 59.5 Å². The van der Waals surface area contributed by atoms with Gasteiger partial charge in [-0.3, -0.25) is 4.90 Å². The fourth-order valence-electron chi connectivity index (χ4n) is 3.72. The Kier molecular flexibility index (Phi) is 5.79. The van der Waals surface area contributed by atoms with Gasteiger partial charge in [-0.05, 0) is 60.7 Å². The van der Waals surface area contributed by atoms with E-state index in [0.29, 0.717) is 28.6 Å². The van der Waals surface area contributed by atoms with Gasteiger partial charge in [-0.2, -0.15) is 0 Å². The second-order valence-corrected chi connectivity index (χ2v) is 7.54. The fourth-order valence-corrected chi connectivity index (χ4v) is 3.72. The molecule has 0 unspecified atom stereocenters. The molecular weight excluding hydrogens is 435 g/mol. The van der Waals surface area contributed by atoms with Crippen LogP contribution in [0.1, 0.15) is 0 Å². The third-order valence-electron chi connectivity index (χ3n) is 5.30. The lowest BCUT2D eigenvalue weighted by molar-refractivity contribution is 0.585. The molecule has 3 aromatic carbocycles. The van der Waals surface area contributed by atoms with Crippen LogP contribution in [-0.2, 0) is 0 Å². The number of benzene rings is 3. The van der Waals surface area contributed by atoms with Crippen molar-refractivity contribution in [3.8, 4) is 22.5 Å². The summed E-state index contributed by atoms with van der Waals surface area (Å²) in [4.78, 5) is 11.2. The SMILES string of the molecule is Fc1ccc(-c2cccc(N(c3ccccc3)c3cccc(-c4ccccc4F)n3)n2)c(F)c1. The van der Waals surface area contributed by atoms with E-state index in [1.807, 2.05) is 30.3 Å². The highest BCUT2D eigenvalue weighted by molar-refractivity contribution is 5.75. The predicted molar refractivity (Wildman–Crippen MR) is 127 cm³/mol. The molecule has 34 heavy (non-hydrogen) atoms. The van der Waals surface area contributed by atoms with Crippen molar-refractivity contribution in [1.29, 1.82) is 0 Å². The summed E-state index contributed by atoms with van der Waals surface area (Å²) in [5.41, 5.74) is 2.15. The first-order valence-corrected chi connectivity index (χ1v) is 10.6.